The second-order valence-corrected chi connectivity index (χ2v) is 7.03. The van der Waals surface area contributed by atoms with Crippen LogP contribution in [0.1, 0.15) is 26.4 Å². The number of nitrogens with one attached hydrogen (secondary N) is 3. The predicted molar refractivity (Wildman–Crippen MR) is 117 cm³/mol. The predicted octanol–water partition coefficient (Wildman–Crippen LogP) is 4.87. The van der Waals surface area contributed by atoms with Crippen molar-refractivity contribution in [1.82, 2.24) is 15.6 Å². The minimum Gasteiger partial charge on any atom is -0.457 e. The Bertz CT molecular complexity index is 1230. The highest BCUT2D eigenvalue weighted by Gasteiger charge is 2.34. The summed E-state index contributed by atoms with van der Waals surface area (Å²) in [4.78, 5) is 39.9. The van der Waals surface area contributed by atoms with Crippen LogP contribution in [0.3, 0.4) is 0 Å². The van der Waals surface area contributed by atoms with Crippen molar-refractivity contribution >= 4 is 35.1 Å². The van der Waals surface area contributed by atoms with Gasteiger partial charge in [0.25, 0.3) is 11.8 Å². The van der Waals surface area contributed by atoms with E-state index in [9.17, 15) is 27.6 Å². The number of hydrogen-bond acceptors (Lipinski definition) is 5. The van der Waals surface area contributed by atoms with E-state index < -0.39 is 34.3 Å². The first-order valence-corrected chi connectivity index (χ1v) is 9.90. The number of amides is 4. The van der Waals surface area contributed by atoms with Crippen LogP contribution >= 0.6 is 11.6 Å². The highest BCUT2D eigenvalue weighted by molar-refractivity contribution is 6.35. The number of benzene rings is 2. The number of aromatic nitrogens is 1. The van der Waals surface area contributed by atoms with Gasteiger partial charge in [0.1, 0.15) is 17.2 Å². The standard InChI is InChI=1S/C22H16ClF3N4O4/c1-27-20(32)17-11-14(9-10-28-17)34-13-7-5-12(6-8-13)29-21(33)30-19(31)15-3-2-4-16(18(15)23)22(24,25)26/h2-11H,1H3,(H,27,32)(H2,29,30,31,33). The Hall–Kier alpha value is -4.12. The molecule has 2 aromatic carbocycles. The van der Waals surface area contributed by atoms with Gasteiger partial charge >= 0.3 is 12.2 Å². The Kier molecular flexibility index (Phi) is 7.37. The van der Waals surface area contributed by atoms with Crippen molar-refractivity contribution in [3.05, 3.63) is 82.6 Å². The lowest BCUT2D eigenvalue weighted by Crippen LogP contribution is -2.34. The third kappa shape index (κ3) is 6.01. The lowest BCUT2D eigenvalue weighted by Gasteiger charge is -2.12. The van der Waals surface area contributed by atoms with Gasteiger partial charge in [0, 0.05) is 25.0 Å². The van der Waals surface area contributed by atoms with Gasteiger partial charge in [0.15, 0.2) is 0 Å². The van der Waals surface area contributed by atoms with Gasteiger partial charge in [-0.25, -0.2) is 4.79 Å². The first-order chi connectivity index (χ1) is 16.1. The van der Waals surface area contributed by atoms with Crippen molar-refractivity contribution in [1.29, 1.82) is 0 Å². The van der Waals surface area contributed by atoms with Crippen LogP contribution in [-0.2, 0) is 6.18 Å². The Labute approximate surface area is 196 Å². The molecule has 0 aliphatic carbocycles. The number of pyridine rings is 1. The second kappa shape index (κ2) is 10.2. The highest BCUT2D eigenvalue weighted by atomic mass is 35.5. The smallest absolute Gasteiger partial charge is 0.417 e. The molecule has 12 heteroatoms. The summed E-state index contributed by atoms with van der Waals surface area (Å²) in [5.41, 5.74) is -1.24. The molecule has 0 saturated carbocycles. The zero-order valence-corrected chi connectivity index (χ0v) is 18.1. The zero-order valence-electron chi connectivity index (χ0n) is 17.4. The normalized spacial score (nSPS) is 10.9. The minimum atomic E-state index is -4.75. The summed E-state index contributed by atoms with van der Waals surface area (Å²) in [6, 6.07) is 10.8. The fourth-order valence-corrected chi connectivity index (χ4v) is 3.05. The van der Waals surface area contributed by atoms with E-state index in [1.54, 1.807) is 6.07 Å². The molecule has 1 aromatic heterocycles. The molecular formula is C22H16ClF3N4O4. The molecule has 0 saturated heterocycles. The van der Waals surface area contributed by atoms with Crippen molar-refractivity contribution in [2.45, 2.75) is 6.18 Å². The number of hydrogen-bond donors (Lipinski definition) is 3. The molecule has 3 aromatic rings. The fourth-order valence-electron chi connectivity index (χ4n) is 2.73. The Morgan fingerprint density at radius 2 is 1.68 bits per heavy atom. The van der Waals surface area contributed by atoms with Gasteiger partial charge < -0.3 is 15.4 Å². The van der Waals surface area contributed by atoms with Crippen LogP contribution < -0.4 is 20.7 Å². The number of carbonyl (C=O) groups excluding carboxylic acids is 3. The number of imide groups is 1. The number of halogens is 4. The molecule has 0 atom stereocenters. The first kappa shape index (κ1) is 24.5. The summed E-state index contributed by atoms with van der Waals surface area (Å²) in [7, 11) is 1.47. The van der Waals surface area contributed by atoms with Gasteiger partial charge in [0.2, 0.25) is 0 Å². The number of ether oxygens (including phenoxy) is 1. The van der Waals surface area contributed by atoms with Gasteiger partial charge in [-0.2, -0.15) is 13.2 Å². The summed E-state index contributed by atoms with van der Waals surface area (Å²) in [5, 5.41) is 5.94. The molecular weight excluding hydrogens is 477 g/mol. The van der Waals surface area contributed by atoms with E-state index in [-0.39, 0.29) is 17.3 Å². The highest BCUT2D eigenvalue weighted by Crippen LogP contribution is 2.36. The van der Waals surface area contributed by atoms with E-state index in [1.807, 2.05) is 5.32 Å². The van der Waals surface area contributed by atoms with E-state index >= 15 is 0 Å². The maximum Gasteiger partial charge on any atom is 0.417 e. The SMILES string of the molecule is CNC(=O)c1cc(Oc2ccc(NC(=O)NC(=O)c3cccc(C(F)(F)F)c3Cl)cc2)ccn1. The van der Waals surface area contributed by atoms with Gasteiger partial charge in [-0.1, -0.05) is 17.7 Å². The largest absolute Gasteiger partial charge is 0.457 e. The molecule has 0 spiro atoms. The molecule has 0 unspecified atom stereocenters. The van der Waals surface area contributed by atoms with Crippen LogP contribution in [0.25, 0.3) is 0 Å². The number of rotatable bonds is 5. The van der Waals surface area contributed by atoms with Gasteiger partial charge in [0.05, 0.1) is 16.1 Å². The lowest BCUT2D eigenvalue weighted by molar-refractivity contribution is -0.137. The summed E-state index contributed by atoms with van der Waals surface area (Å²) in [6.45, 7) is 0. The molecule has 0 aliphatic rings. The van der Waals surface area contributed by atoms with Crippen molar-refractivity contribution in [2.75, 3.05) is 12.4 Å². The van der Waals surface area contributed by atoms with Crippen LogP contribution in [-0.4, -0.2) is 29.9 Å². The third-order valence-corrected chi connectivity index (χ3v) is 4.72. The monoisotopic (exact) mass is 492 g/mol. The Morgan fingerprint density at radius 3 is 2.32 bits per heavy atom. The number of anilines is 1. The minimum absolute atomic E-state index is 0.167. The number of nitrogens with zero attached hydrogens (tertiary/aromatic N) is 1. The second-order valence-electron chi connectivity index (χ2n) is 6.66. The van der Waals surface area contributed by atoms with E-state index in [2.05, 4.69) is 15.6 Å². The molecule has 1 heterocycles. The van der Waals surface area contributed by atoms with Crippen LogP contribution in [0.15, 0.2) is 60.8 Å². The van der Waals surface area contributed by atoms with Crippen molar-refractivity contribution < 1.29 is 32.3 Å². The van der Waals surface area contributed by atoms with Crippen molar-refractivity contribution in [3.63, 3.8) is 0 Å². The fraction of sp³-hybridized carbons (Fsp3) is 0.0909. The topological polar surface area (TPSA) is 109 Å². The Balaban J connectivity index is 1.62. The maximum absolute atomic E-state index is 13.0. The molecule has 176 valence electrons. The van der Waals surface area contributed by atoms with Gasteiger partial charge in [-0.05, 0) is 42.5 Å². The molecule has 3 N–H and O–H groups in total. The van der Waals surface area contributed by atoms with Crippen LogP contribution in [0.4, 0.5) is 23.7 Å². The molecule has 8 nitrogen and oxygen atoms in total. The zero-order chi connectivity index (χ0) is 24.9. The quantitative estimate of drug-likeness (QED) is 0.471. The molecule has 0 bridgehead atoms. The molecule has 34 heavy (non-hydrogen) atoms. The number of urea groups is 1. The molecule has 4 amide bonds. The summed E-state index contributed by atoms with van der Waals surface area (Å²) < 4.78 is 44.5. The lowest BCUT2D eigenvalue weighted by atomic mass is 10.1. The number of carbonyl (C=O) groups is 3. The van der Waals surface area contributed by atoms with Crippen LogP contribution in [0.2, 0.25) is 5.02 Å². The first-order valence-electron chi connectivity index (χ1n) is 9.52. The van der Waals surface area contributed by atoms with Crippen molar-refractivity contribution in [3.8, 4) is 11.5 Å². The van der Waals surface area contributed by atoms with Crippen LogP contribution in [0, 0.1) is 0 Å². The molecule has 0 aliphatic heterocycles. The summed E-state index contributed by atoms with van der Waals surface area (Å²) in [5.74, 6) is -0.738. The van der Waals surface area contributed by atoms with Crippen LogP contribution in [0.5, 0.6) is 11.5 Å². The van der Waals surface area contributed by atoms with Crippen molar-refractivity contribution in [2.24, 2.45) is 0 Å². The van der Waals surface area contributed by atoms with Gasteiger partial charge in [-0.15, -0.1) is 0 Å². The van der Waals surface area contributed by atoms with E-state index in [4.69, 9.17) is 16.3 Å². The van der Waals surface area contributed by atoms with E-state index in [0.29, 0.717) is 11.5 Å². The third-order valence-electron chi connectivity index (χ3n) is 4.31. The average Bonchev–Trinajstić information content (AvgIpc) is 2.79. The molecule has 0 radical (unpaired) electrons. The molecule has 0 fully saturated rings. The van der Waals surface area contributed by atoms with E-state index in [1.165, 1.54) is 43.6 Å². The van der Waals surface area contributed by atoms with Gasteiger partial charge in [-0.3, -0.25) is 19.9 Å². The average molecular weight is 493 g/mol. The summed E-state index contributed by atoms with van der Waals surface area (Å²) >= 11 is 5.70. The summed E-state index contributed by atoms with van der Waals surface area (Å²) in [6.07, 6.45) is -3.34. The van der Waals surface area contributed by atoms with E-state index in [0.717, 1.165) is 18.2 Å². The molecule has 3 rings (SSSR count). The number of alkyl halides is 3. The maximum atomic E-state index is 13.0. The Morgan fingerprint density at radius 1 is 0.971 bits per heavy atom.